The highest BCUT2D eigenvalue weighted by molar-refractivity contribution is 7.92. The Morgan fingerprint density at radius 2 is 1.74 bits per heavy atom. The number of piperazine rings is 1. The van der Waals surface area contributed by atoms with E-state index in [4.69, 9.17) is 21.4 Å². The highest BCUT2D eigenvalue weighted by atomic mass is 35.5. The van der Waals surface area contributed by atoms with Crippen LogP contribution in [-0.2, 0) is 14.8 Å². The number of para-hydroxylation sites is 2. The average Bonchev–Trinajstić information content (AvgIpc) is 3.03. The van der Waals surface area contributed by atoms with Gasteiger partial charge in [0.25, 0.3) is 0 Å². The van der Waals surface area contributed by atoms with Crippen molar-refractivity contribution in [1.82, 2.24) is 19.8 Å². The summed E-state index contributed by atoms with van der Waals surface area (Å²) in [5, 5.41) is 15.7. The molecule has 3 N–H and O–H groups in total. The van der Waals surface area contributed by atoms with Crippen LogP contribution >= 0.6 is 11.6 Å². The van der Waals surface area contributed by atoms with E-state index < -0.39 is 16.0 Å². The smallest absolute Gasteiger partial charge is 0.317 e. The van der Waals surface area contributed by atoms with Crippen molar-refractivity contribution in [3.63, 3.8) is 0 Å². The fourth-order valence-corrected chi connectivity index (χ4v) is 6.49. The Bertz CT molecular complexity index is 1630. The summed E-state index contributed by atoms with van der Waals surface area (Å²) in [7, 11) is -0.377. The fourth-order valence-electron chi connectivity index (χ4n) is 5.84. The van der Waals surface area contributed by atoms with Gasteiger partial charge in [0.05, 0.1) is 43.2 Å². The highest BCUT2D eigenvalue weighted by Gasteiger charge is 2.25. The van der Waals surface area contributed by atoms with Gasteiger partial charge in [-0.05, 0) is 43.0 Å². The number of hydrogen-bond acceptors (Lipinski definition) is 11. The number of methoxy groups -OCH3 is 1. The normalized spacial score (nSPS) is 16.7. The standard InChI is InChI=1S/C31H41ClN8O5S/c1-37(46(3,43)44)27-7-5-4-6-25(27)34-30-24(32)19-33-31(36-30)35-26-9-8-23(18-28(26)45-2)40-12-10-22(11-13-40)20-38-14-16-39(17-15-38)21-29(41)42/h4-9,18-19,22H,10-17,20-21H2,1-3H3,(H,41,42)(H2,33,34,35,36). The predicted octanol–water partition coefficient (Wildman–Crippen LogP) is 3.94. The van der Waals surface area contributed by atoms with Crippen LogP contribution < -0.4 is 24.6 Å². The van der Waals surface area contributed by atoms with Gasteiger partial charge in [-0.2, -0.15) is 4.98 Å². The zero-order valence-electron chi connectivity index (χ0n) is 26.3. The molecule has 5 rings (SSSR count). The minimum absolute atomic E-state index is 0.122. The maximum absolute atomic E-state index is 12.2. The summed E-state index contributed by atoms with van der Waals surface area (Å²) in [5.74, 6) is 1.10. The molecule has 3 heterocycles. The third kappa shape index (κ3) is 8.49. The van der Waals surface area contributed by atoms with Crippen molar-refractivity contribution >= 4 is 62.1 Å². The molecule has 0 saturated carbocycles. The quantitative estimate of drug-likeness (QED) is 0.256. The van der Waals surface area contributed by atoms with E-state index in [1.807, 2.05) is 17.0 Å². The van der Waals surface area contributed by atoms with E-state index in [2.05, 4.69) is 36.5 Å². The molecule has 2 aliphatic heterocycles. The number of piperidine rings is 1. The van der Waals surface area contributed by atoms with Gasteiger partial charge in [0, 0.05) is 64.6 Å². The monoisotopic (exact) mass is 672 g/mol. The maximum Gasteiger partial charge on any atom is 0.317 e. The van der Waals surface area contributed by atoms with Crippen LogP contribution in [0.25, 0.3) is 0 Å². The van der Waals surface area contributed by atoms with Crippen molar-refractivity contribution in [2.75, 3.05) is 92.6 Å². The largest absolute Gasteiger partial charge is 0.494 e. The molecule has 0 atom stereocenters. The van der Waals surface area contributed by atoms with Crippen LogP contribution in [0.4, 0.5) is 34.5 Å². The lowest BCUT2D eigenvalue weighted by Crippen LogP contribution is -2.49. The fraction of sp³-hybridized carbons (Fsp3) is 0.452. The lowest BCUT2D eigenvalue weighted by Gasteiger charge is -2.39. The highest BCUT2D eigenvalue weighted by Crippen LogP contribution is 2.35. The second-order valence-electron chi connectivity index (χ2n) is 11.7. The Balaban J connectivity index is 1.20. The van der Waals surface area contributed by atoms with Crippen molar-refractivity contribution in [3.8, 4) is 5.75 Å². The first-order chi connectivity index (χ1) is 22.0. The molecular weight excluding hydrogens is 632 g/mol. The number of aliphatic carboxylic acids is 1. The first kappa shape index (κ1) is 33.5. The number of hydrogen-bond donors (Lipinski definition) is 3. The summed E-state index contributed by atoms with van der Waals surface area (Å²) in [6, 6.07) is 13.0. The number of aromatic nitrogens is 2. The van der Waals surface area contributed by atoms with Crippen LogP contribution in [-0.4, -0.2) is 112 Å². The summed E-state index contributed by atoms with van der Waals surface area (Å²) < 4.78 is 31.3. The Kier molecular flexibility index (Phi) is 10.7. The van der Waals surface area contributed by atoms with Crippen molar-refractivity contribution in [2.45, 2.75) is 12.8 Å². The number of nitrogens with zero attached hydrogens (tertiary/aromatic N) is 6. The molecule has 0 spiro atoms. The molecule has 0 bridgehead atoms. The number of carboxylic acid groups (broad SMARTS) is 1. The van der Waals surface area contributed by atoms with Crippen molar-refractivity contribution in [3.05, 3.63) is 53.7 Å². The maximum atomic E-state index is 12.2. The molecule has 2 aromatic carbocycles. The molecule has 0 unspecified atom stereocenters. The molecule has 15 heteroatoms. The van der Waals surface area contributed by atoms with Crippen molar-refractivity contribution in [2.24, 2.45) is 5.92 Å². The molecule has 2 aliphatic rings. The Morgan fingerprint density at radius 1 is 1.04 bits per heavy atom. The SMILES string of the molecule is COc1cc(N2CCC(CN3CCN(CC(=O)O)CC3)CC2)ccc1Nc1ncc(Cl)c(Nc2ccccc2N(C)S(C)(=O)=O)n1. The zero-order valence-corrected chi connectivity index (χ0v) is 27.9. The van der Waals surface area contributed by atoms with Crippen LogP contribution in [0.1, 0.15) is 12.8 Å². The number of benzene rings is 2. The zero-order chi connectivity index (χ0) is 32.8. The Hall–Kier alpha value is -3.85. The van der Waals surface area contributed by atoms with Crippen molar-refractivity contribution < 1.29 is 23.1 Å². The number of carbonyl (C=O) groups is 1. The van der Waals surface area contributed by atoms with Crippen LogP contribution in [0.15, 0.2) is 48.7 Å². The summed E-state index contributed by atoms with van der Waals surface area (Å²) in [6.45, 7) is 6.53. The number of nitrogens with one attached hydrogen (secondary N) is 2. The van der Waals surface area contributed by atoms with E-state index in [1.54, 1.807) is 31.4 Å². The third-order valence-corrected chi connectivity index (χ3v) is 9.96. The van der Waals surface area contributed by atoms with Gasteiger partial charge in [-0.1, -0.05) is 23.7 Å². The number of halogens is 1. The molecule has 0 radical (unpaired) electrons. The molecule has 13 nitrogen and oxygen atoms in total. The molecular formula is C31H41ClN8O5S. The van der Waals surface area contributed by atoms with Gasteiger partial charge in [0.2, 0.25) is 16.0 Å². The van der Waals surface area contributed by atoms with Gasteiger partial charge in [-0.3, -0.25) is 14.0 Å². The molecule has 46 heavy (non-hydrogen) atoms. The molecule has 248 valence electrons. The summed E-state index contributed by atoms with van der Waals surface area (Å²) in [4.78, 5) is 26.7. The second kappa shape index (κ2) is 14.7. The number of ether oxygens (including phenoxy) is 1. The lowest BCUT2D eigenvalue weighted by molar-refractivity contribution is -0.138. The van der Waals surface area contributed by atoms with Crippen LogP contribution in [0.5, 0.6) is 5.75 Å². The first-order valence-electron chi connectivity index (χ1n) is 15.2. The molecule has 1 aromatic heterocycles. The van der Waals surface area contributed by atoms with Gasteiger partial charge < -0.3 is 30.3 Å². The minimum atomic E-state index is -3.48. The lowest BCUT2D eigenvalue weighted by atomic mass is 9.95. The topological polar surface area (TPSA) is 143 Å². The van der Waals surface area contributed by atoms with Gasteiger partial charge >= 0.3 is 5.97 Å². The minimum Gasteiger partial charge on any atom is -0.494 e. The summed E-state index contributed by atoms with van der Waals surface area (Å²) >= 11 is 6.42. The number of carboxylic acids is 1. The van der Waals surface area contributed by atoms with Crippen LogP contribution in [0, 0.1) is 5.92 Å². The van der Waals surface area contributed by atoms with Crippen molar-refractivity contribution in [1.29, 1.82) is 0 Å². The molecule has 0 aliphatic carbocycles. The van der Waals surface area contributed by atoms with Gasteiger partial charge in [-0.25, -0.2) is 13.4 Å². The second-order valence-corrected chi connectivity index (χ2v) is 14.1. The Labute approximate surface area is 275 Å². The van der Waals surface area contributed by atoms with E-state index in [0.29, 0.717) is 34.5 Å². The Morgan fingerprint density at radius 3 is 2.41 bits per heavy atom. The van der Waals surface area contributed by atoms with Crippen LogP contribution in [0.3, 0.4) is 0 Å². The predicted molar refractivity (Wildman–Crippen MR) is 182 cm³/mol. The van der Waals surface area contributed by atoms with E-state index in [0.717, 1.165) is 70.6 Å². The molecule has 3 aromatic rings. The molecule has 2 fully saturated rings. The van der Waals surface area contributed by atoms with Gasteiger partial charge in [0.15, 0.2) is 5.82 Å². The van der Waals surface area contributed by atoms with E-state index in [1.165, 1.54) is 17.5 Å². The van der Waals surface area contributed by atoms with E-state index in [9.17, 15) is 13.2 Å². The summed E-state index contributed by atoms with van der Waals surface area (Å²) in [6.07, 6.45) is 4.80. The van der Waals surface area contributed by atoms with E-state index >= 15 is 0 Å². The van der Waals surface area contributed by atoms with Gasteiger partial charge in [0.1, 0.15) is 10.8 Å². The molecule has 2 saturated heterocycles. The molecule has 0 amide bonds. The number of anilines is 6. The first-order valence-corrected chi connectivity index (χ1v) is 17.4. The van der Waals surface area contributed by atoms with E-state index in [-0.39, 0.29) is 17.5 Å². The van der Waals surface area contributed by atoms with Crippen LogP contribution in [0.2, 0.25) is 5.02 Å². The number of rotatable bonds is 12. The summed E-state index contributed by atoms with van der Waals surface area (Å²) in [5.41, 5.74) is 2.74. The average molecular weight is 673 g/mol. The van der Waals surface area contributed by atoms with Gasteiger partial charge in [-0.15, -0.1) is 0 Å². The number of sulfonamides is 1. The third-order valence-electron chi connectivity index (χ3n) is 8.49.